The minimum atomic E-state index is -0.954. The third-order valence-corrected chi connectivity index (χ3v) is 5.08. The summed E-state index contributed by atoms with van der Waals surface area (Å²) >= 11 is 0. The van der Waals surface area contributed by atoms with Gasteiger partial charge in [-0.15, -0.1) is 0 Å². The van der Waals surface area contributed by atoms with E-state index in [-0.39, 0.29) is 18.6 Å². The van der Waals surface area contributed by atoms with Gasteiger partial charge in [-0.2, -0.15) is 0 Å². The molecule has 1 N–H and O–H groups in total. The van der Waals surface area contributed by atoms with Crippen molar-refractivity contribution in [2.45, 2.75) is 64.5 Å². The van der Waals surface area contributed by atoms with Crippen LogP contribution in [0.3, 0.4) is 0 Å². The van der Waals surface area contributed by atoms with Crippen LogP contribution in [0.5, 0.6) is 0 Å². The molecule has 2 amide bonds. The lowest BCUT2D eigenvalue weighted by molar-refractivity contribution is -0.136. The number of cyclic esters (lactones) is 1. The number of benzene rings is 1. The van der Waals surface area contributed by atoms with Crippen molar-refractivity contribution in [3.63, 3.8) is 0 Å². The lowest BCUT2D eigenvalue weighted by atomic mass is 9.89. The average Bonchev–Trinajstić information content (AvgIpc) is 3.01. The van der Waals surface area contributed by atoms with Crippen LogP contribution in [0.4, 0.5) is 4.79 Å². The van der Waals surface area contributed by atoms with Gasteiger partial charge in [0.25, 0.3) is 0 Å². The van der Waals surface area contributed by atoms with Crippen LogP contribution in [-0.2, 0) is 16.0 Å². The highest BCUT2D eigenvalue weighted by molar-refractivity contribution is 5.95. The predicted molar refractivity (Wildman–Crippen MR) is 105 cm³/mol. The Balaban J connectivity index is 2.14. The maximum absolute atomic E-state index is 13.2. The first-order valence-electron chi connectivity index (χ1n) is 9.82. The monoisotopic (exact) mass is 373 g/mol. The number of hydrogen-bond acceptors (Lipinski definition) is 4. The van der Waals surface area contributed by atoms with Gasteiger partial charge < -0.3 is 9.84 Å². The fourth-order valence-electron chi connectivity index (χ4n) is 3.50. The number of carbonyl (C=O) groups is 2. The van der Waals surface area contributed by atoms with Crippen LogP contribution in [0.2, 0.25) is 0 Å². The van der Waals surface area contributed by atoms with Crippen molar-refractivity contribution in [3.05, 3.63) is 48.0 Å². The molecule has 0 aliphatic carbocycles. The summed E-state index contributed by atoms with van der Waals surface area (Å²) in [5.74, 6) is -1.02. The smallest absolute Gasteiger partial charge is 0.416 e. The van der Waals surface area contributed by atoms with Gasteiger partial charge in [-0.1, -0.05) is 75.1 Å². The van der Waals surface area contributed by atoms with Gasteiger partial charge in [-0.05, 0) is 25.3 Å². The molecule has 1 aliphatic rings. The summed E-state index contributed by atoms with van der Waals surface area (Å²) in [6, 6.07) is 9.38. The maximum Gasteiger partial charge on any atom is 0.416 e. The van der Waals surface area contributed by atoms with E-state index in [2.05, 4.69) is 13.5 Å². The topological polar surface area (TPSA) is 66.8 Å². The second kappa shape index (κ2) is 10.3. The fourth-order valence-corrected chi connectivity index (χ4v) is 3.50. The predicted octanol–water partition coefficient (Wildman–Crippen LogP) is 4.10. The zero-order valence-corrected chi connectivity index (χ0v) is 16.4. The number of nitrogens with zero attached hydrogens (tertiary/aromatic N) is 1. The standard InChI is InChI=1S/C22H31NO4/c1-4-5-6-10-13-19(20(24)16(2)3)21(25)23-18(15-27-22(23)26)14-17-11-8-7-9-12-17/h7-9,11-12,18-20,24H,2,4-6,10,13-15H2,1,3H3. The Kier molecular flexibility index (Phi) is 8.04. The van der Waals surface area contributed by atoms with Crippen molar-refractivity contribution in [2.24, 2.45) is 5.92 Å². The summed E-state index contributed by atoms with van der Waals surface area (Å²) in [6.45, 7) is 7.82. The maximum atomic E-state index is 13.2. The number of unbranched alkanes of at least 4 members (excludes halogenated alkanes) is 3. The first-order chi connectivity index (χ1) is 13.0. The molecule has 2 rings (SSSR count). The van der Waals surface area contributed by atoms with Crippen molar-refractivity contribution in [1.82, 2.24) is 4.90 Å². The molecule has 1 aromatic carbocycles. The van der Waals surface area contributed by atoms with Gasteiger partial charge in [-0.25, -0.2) is 9.69 Å². The van der Waals surface area contributed by atoms with Crippen molar-refractivity contribution in [2.75, 3.05) is 6.61 Å². The highest BCUT2D eigenvalue weighted by Crippen LogP contribution is 2.26. The number of aliphatic hydroxyl groups excluding tert-OH is 1. The van der Waals surface area contributed by atoms with Gasteiger partial charge in [-0.3, -0.25) is 4.79 Å². The van der Waals surface area contributed by atoms with E-state index in [1.807, 2.05) is 30.3 Å². The minimum Gasteiger partial charge on any atom is -0.447 e. The van der Waals surface area contributed by atoms with E-state index in [9.17, 15) is 14.7 Å². The lowest BCUT2D eigenvalue weighted by Gasteiger charge is -2.28. The molecule has 1 aromatic rings. The molecule has 1 saturated heterocycles. The van der Waals surface area contributed by atoms with E-state index in [4.69, 9.17) is 4.74 Å². The first kappa shape index (κ1) is 21.2. The van der Waals surface area contributed by atoms with Crippen molar-refractivity contribution >= 4 is 12.0 Å². The van der Waals surface area contributed by atoms with Gasteiger partial charge in [0.2, 0.25) is 5.91 Å². The Hall–Kier alpha value is -2.14. The summed E-state index contributed by atoms with van der Waals surface area (Å²) in [6.07, 6.45) is 3.53. The van der Waals surface area contributed by atoms with Crippen LogP contribution in [0.1, 0.15) is 51.5 Å². The molecule has 5 heteroatoms. The number of hydrogen-bond donors (Lipinski definition) is 1. The molecule has 1 fully saturated rings. The van der Waals surface area contributed by atoms with Gasteiger partial charge in [0.1, 0.15) is 6.61 Å². The molecule has 0 bridgehead atoms. The van der Waals surface area contributed by atoms with Crippen LogP contribution in [-0.4, -0.2) is 40.8 Å². The van der Waals surface area contributed by atoms with Gasteiger partial charge >= 0.3 is 6.09 Å². The van der Waals surface area contributed by atoms with E-state index in [0.29, 0.717) is 18.4 Å². The molecular formula is C22H31NO4. The Morgan fingerprint density at radius 3 is 2.63 bits per heavy atom. The Labute approximate surface area is 162 Å². The summed E-state index contributed by atoms with van der Waals surface area (Å²) in [5.41, 5.74) is 1.58. The Morgan fingerprint density at radius 1 is 1.30 bits per heavy atom. The molecule has 3 unspecified atom stereocenters. The van der Waals surface area contributed by atoms with E-state index >= 15 is 0 Å². The van der Waals surface area contributed by atoms with Crippen LogP contribution < -0.4 is 0 Å². The number of aliphatic hydroxyl groups is 1. The molecule has 5 nitrogen and oxygen atoms in total. The van der Waals surface area contributed by atoms with E-state index in [1.165, 1.54) is 4.90 Å². The number of amides is 2. The normalized spacial score (nSPS) is 18.9. The number of imide groups is 1. The van der Waals surface area contributed by atoms with Gasteiger partial charge in [0.15, 0.2) is 0 Å². The second-order valence-corrected chi connectivity index (χ2v) is 7.38. The third-order valence-electron chi connectivity index (χ3n) is 5.08. The molecule has 3 atom stereocenters. The molecule has 0 radical (unpaired) electrons. The summed E-state index contributed by atoms with van der Waals surface area (Å²) in [4.78, 5) is 26.7. The molecule has 0 aromatic heterocycles. The van der Waals surface area contributed by atoms with Crippen LogP contribution in [0.25, 0.3) is 0 Å². The molecule has 148 valence electrons. The van der Waals surface area contributed by atoms with Crippen LogP contribution in [0.15, 0.2) is 42.5 Å². The molecular weight excluding hydrogens is 342 g/mol. The zero-order chi connectivity index (χ0) is 19.8. The first-order valence-corrected chi connectivity index (χ1v) is 9.82. The summed E-state index contributed by atoms with van der Waals surface area (Å²) < 4.78 is 5.17. The van der Waals surface area contributed by atoms with Crippen molar-refractivity contribution < 1.29 is 19.4 Å². The Morgan fingerprint density at radius 2 is 2.00 bits per heavy atom. The third kappa shape index (κ3) is 5.67. The highest BCUT2D eigenvalue weighted by atomic mass is 16.6. The minimum absolute atomic E-state index is 0.186. The number of carbonyl (C=O) groups excluding carboxylic acids is 2. The zero-order valence-electron chi connectivity index (χ0n) is 16.4. The fraction of sp³-hybridized carbons (Fsp3) is 0.545. The number of rotatable bonds is 10. The summed E-state index contributed by atoms with van der Waals surface area (Å²) in [5, 5.41) is 10.5. The van der Waals surface area contributed by atoms with Crippen LogP contribution >= 0.6 is 0 Å². The van der Waals surface area contributed by atoms with Crippen molar-refractivity contribution in [3.8, 4) is 0 Å². The average molecular weight is 373 g/mol. The lowest BCUT2D eigenvalue weighted by Crippen LogP contribution is -2.46. The van der Waals surface area contributed by atoms with E-state index in [0.717, 1.165) is 31.2 Å². The summed E-state index contributed by atoms with van der Waals surface area (Å²) in [7, 11) is 0. The highest BCUT2D eigenvalue weighted by Gasteiger charge is 2.42. The van der Waals surface area contributed by atoms with Crippen LogP contribution in [0, 0.1) is 5.92 Å². The SMILES string of the molecule is C=C(C)C(O)C(CCCCCC)C(=O)N1C(=O)OCC1Cc1ccccc1. The molecule has 0 saturated carbocycles. The second-order valence-electron chi connectivity index (χ2n) is 7.38. The molecule has 27 heavy (non-hydrogen) atoms. The van der Waals surface area contributed by atoms with Gasteiger partial charge in [0.05, 0.1) is 18.1 Å². The molecule has 0 spiro atoms. The molecule has 1 heterocycles. The molecule has 1 aliphatic heterocycles. The quantitative estimate of drug-likeness (QED) is 0.495. The van der Waals surface area contributed by atoms with E-state index < -0.39 is 18.1 Å². The number of ether oxygens (including phenoxy) is 1. The van der Waals surface area contributed by atoms with E-state index in [1.54, 1.807) is 6.92 Å². The Bertz CT molecular complexity index is 643. The van der Waals surface area contributed by atoms with Crippen molar-refractivity contribution in [1.29, 1.82) is 0 Å². The largest absolute Gasteiger partial charge is 0.447 e. The van der Waals surface area contributed by atoms with Gasteiger partial charge in [0, 0.05) is 0 Å².